The molecule has 2 aromatic carbocycles. The van der Waals surface area contributed by atoms with Crippen LogP contribution in [0, 0.1) is 22.7 Å². The first-order valence-corrected chi connectivity index (χ1v) is 10.9. The first-order valence-electron chi connectivity index (χ1n) is 10.9. The Morgan fingerprint density at radius 3 is 2.03 bits per heavy atom. The summed E-state index contributed by atoms with van der Waals surface area (Å²) < 4.78 is 0. The molecular weight excluding hydrogens is 356 g/mol. The summed E-state index contributed by atoms with van der Waals surface area (Å²) in [7, 11) is 0. The van der Waals surface area contributed by atoms with Crippen LogP contribution in [0.4, 0.5) is 0 Å². The van der Waals surface area contributed by atoms with Gasteiger partial charge in [-0.2, -0.15) is 5.10 Å². The predicted molar refractivity (Wildman–Crippen MR) is 117 cm³/mol. The fourth-order valence-electron chi connectivity index (χ4n) is 6.37. The summed E-state index contributed by atoms with van der Waals surface area (Å²) in [6.45, 7) is 6.91. The van der Waals surface area contributed by atoms with Crippen molar-refractivity contribution in [1.82, 2.24) is 5.43 Å². The van der Waals surface area contributed by atoms with E-state index in [1.54, 1.807) is 0 Å². The largest absolute Gasteiger partial charge is 0.273 e. The van der Waals surface area contributed by atoms with Crippen molar-refractivity contribution in [2.45, 2.75) is 51.9 Å². The lowest BCUT2D eigenvalue weighted by Gasteiger charge is -2.35. The molecule has 0 radical (unpaired) electrons. The number of amides is 1. The van der Waals surface area contributed by atoms with Crippen molar-refractivity contribution in [3.63, 3.8) is 0 Å². The van der Waals surface area contributed by atoms with Crippen LogP contribution in [0.2, 0.25) is 0 Å². The molecular formula is C26H30N2O. The molecule has 29 heavy (non-hydrogen) atoms. The Balaban J connectivity index is 1.42. The second kappa shape index (κ2) is 6.29. The van der Waals surface area contributed by atoms with Gasteiger partial charge in [0.1, 0.15) is 0 Å². The Hall–Kier alpha value is -2.42. The highest BCUT2D eigenvalue weighted by Gasteiger charge is 2.61. The normalized spacial score (nSPS) is 32.3. The minimum Gasteiger partial charge on any atom is -0.273 e. The zero-order valence-electron chi connectivity index (χ0n) is 17.6. The van der Waals surface area contributed by atoms with Crippen molar-refractivity contribution in [2.24, 2.45) is 27.8 Å². The lowest BCUT2D eigenvalue weighted by Crippen LogP contribution is -2.38. The van der Waals surface area contributed by atoms with Gasteiger partial charge in [-0.15, -0.1) is 0 Å². The topological polar surface area (TPSA) is 41.5 Å². The average Bonchev–Trinajstić information content (AvgIpc) is 3.32. The molecule has 3 atom stereocenters. The van der Waals surface area contributed by atoms with E-state index >= 15 is 0 Å². The van der Waals surface area contributed by atoms with E-state index in [-0.39, 0.29) is 28.1 Å². The monoisotopic (exact) mass is 386 g/mol. The smallest absolute Gasteiger partial charge is 0.244 e. The van der Waals surface area contributed by atoms with Gasteiger partial charge in [0.15, 0.2) is 0 Å². The molecule has 0 heterocycles. The number of hydrogen-bond acceptors (Lipinski definition) is 2. The Labute approximate surface area is 173 Å². The number of fused-ring (bicyclic) bond motifs is 2. The van der Waals surface area contributed by atoms with Gasteiger partial charge >= 0.3 is 0 Å². The van der Waals surface area contributed by atoms with Crippen LogP contribution >= 0.6 is 0 Å². The molecule has 5 rings (SSSR count). The molecule has 3 aliphatic carbocycles. The maximum Gasteiger partial charge on any atom is 0.244 e. The van der Waals surface area contributed by atoms with Gasteiger partial charge in [0, 0.05) is 16.2 Å². The van der Waals surface area contributed by atoms with Crippen LogP contribution in [0.5, 0.6) is 0 Å². The van der Waals surface area contributed by atoms with Gasteiger partial charge < -0.3 is 0 Å². The summed E-state index contributed by atoms with van der Waals surface area (Å²) in [4.78, 5) is 13.2. The maximum atomic E-state index is 13.2. The Morgan fingerprint density at radius 2 is 1.52 bits per heavy atom. The third-order valence-corrected chi connectivity index (χ3v) is 8.08. The second-order valence-electron chi connectivity index (χ2n) is 10.1. The van der Waals surface area contributed by atoms with E-state index in [1.165, 1.54) is 36.1 Å². The molecule has 3 heteroatoms. The molecule has 3 saturated carbocycles. The minimum absolute atomic E-state index is 0.0485. The van der Waals surface area contributed by atoms with Crippen molar-refractivity contribution < 1.29 is 4.79 Å². The number of hydrazone groups is 1. The van der Waals surface area contributed by atoms with E-state index in [0.717, 1.165) is 6.42 Å². The summed E-state index contributed by atoms with van der Waals surface area (Å²) in [5.41, 5.74) is 6.62. The maximum absolute atomic E-state index is 13.2. The van der Waals surface area contributed by atoms with Crippen molar-refractivity contribution in [3.05, 3.63) is 71.8 Å². The Morgan fingerprint density at radius 1 is 0.931 bits per heavy atom. The highest BCUT2D eigenvalue weighted by Crippen LogP contribution is 2.61. The Kier molecular flexibility index (Phi) is 4.03. The molecule has 0 unspecified atom stereocenters. The molecule has 150 valence electrons. The fraction of sp³-hybridized carbons (Fsp3) is 0.462. The third kappa shape index (κ3) is 2.70. The summed E-state index contributed by atoms with van der Waals surface area (Å²) in [6.07, 6.45) is 4.51. The SMILES string of the molecule is CC1(C)/C(=N/NC(=O)[C@@H]2CC2(c2ccccc2)c2ccccc2)[C@@]2(C)CC[C@@H]1C2. The number of benzene rings is 2. The van der Waals surface area contributed by atoms with Gasteiger partial charge in [-0.1, -0.05) is 81.4 Å². The van der Waals surface area contributed by atoms with Gasteiger partial charge in [0.25, 0.3) is 0 Å². The number of carbonyl (C=O) groups is 1. The standard InChI is InChI=1S/C26H30N2O/c1-24(2)20-14-15-25(3,16-20)23(24)28-27-22(29)21-17-26(21,18-10-6-4-7-11-18)19-12-8-5-9-13-19/h4-13,20-21H,14-17H2,1-3H3,(H,27,29)/b28-23-/t20-,21+,25+/m1/s1. The summed E-state index contributed by atoms with van der Waals surface area (Å²) >= 11 is 0. The van der Waals surface area contributed by atoms with E-state index in [9.17, 15) is 4.79 Å². The van der Waals surface area contributed by atoms with Gasteiger partial charge in [0.05, 0.1) is 11.6 Å². The van der Waals surface area contributed by atoms with Crippen LogP contribution < -0.4 is 5.43 Å². The summed E-state index contributed by atoms with van der Waals surface area (Å²) in [5, 5.41) is 4.76. The molecule has 3 fully saturated rings. The zero-order valence-corrected chi connectivity index (χ0v) is 17.6. The van der Waals surface area contributed by atoms with Gasteiger partial charge in [-0.05, 0) is 42.7 Å². The lowest BCUT2D eigenvalue weighted by molar-refractivity contribution is -0.122. The van der Waals surface area contributed by atoms with E-state index in [1.807, 2.05) is 12.1 Å². The molecule has 0 saturated heterocycles. The molecule has 1 amide bonds. The van der Waals surface area contributed by atoms with Crippen LogP contribution in [0.25, 0.3) is 0 Å². The molecule has 3 aliphatic rings. The first kappa shape index (κ1) is 18.6. The quantitative estimate of drug-likeness (QED) is 0.711. The number of nitrogens with zero attached hydrogens (tertiary/aromatic N) is 1. The first-order chi connectivity index (χ1) is 13.9. The Bertz CT molecular complexity index is 916. The van der Waals surface area contributed by atoms with Gasteiger partial charge in [-0.3, -0.25) is 4.79 Å². The molecule has 0 spiro atoms. The molecule has 2 aromatic rings. The predicted octanol–water partition coefficient (Wildman–Crippen LogP) is 5.31. The molecule has 0 aliphatic heterocycles. The van der Waals surface area contributed by atoms with E-state index < -0.39 is 0 Å². The molecule has 0 aromatic heterocycles. The van der Waals surface area contributed by atoms with Crippen molar-refractivity contribution in [2.75, 3.05) is 0 Å². The van der Waals surface area contributed by atoms with Gasteiger partial charge in [-0.25, -0.2) is 5.43 Å². The zero-order chi connectivity index (χ0) is 20.3. The number of rotatable bonds is 4. The van der Waals surface area contributed by atoms with Crippen molar-refractivity contribution >= 4 is 11.6 Å². The van der Waals surface area contributed by atoms with E-state index in [0.29, 0.717) is 5.92 Å². The third-order valence-electron chi connectivity index (χ3n) is 8.08. The summed E-state index contributed by atoms with van der Waals surface area (Å²) in [5.74, 6) is 0.662. The average molecular weight is 387 g/mol. The fourth-order valence-corrected chi connectivity index (χ4v) is 6.37. The molecule has 1 N–H and O–H groups in total. The second-order valence-corrected chi connectivity index (χ2v) is 10.1. The van der Waals surface area contributed by atoms with Crippen LogP contribution in [0.3, 0.4) is 0 Å². The van der Waals surface area contributed by atoms with E-state index in [2.05, 4.69) is 74.7 Å². The highest BCUT2D eigenvalue weighted by atomic mass is 16.2. The van der Waals surface area contributed by atoms with Crippen molar-refractivity contribution in [3.8, 4) is 0 Å². The van der Waals surface area contributed by atoms with Crippen LogP contribution in [-0.2, 0) is 10.2 Å². The van der Waals surface area contributed by atoms with Crippen LogP contribution in [0.15, 0.2) is 65.8 Å². The molecule has 3 nitrogen and oxygen atoms in total. The number of nitrogens with one attached hydrogen (secondary N) is 1. The van der Waals surface area contributed by atoms with Gasteiger partial charge in [0.2, 0.25) is 5.91 Å². The van der Waals surface area contributed by atoms with E-state index in [4.69, 9.17) is 5.10 Å². The minimum atomic E-state index is -0.235. The highest BCUT2D eigenvalue weighted by molar-refractivity contribution is 5.98. The number of carbonyl (C=O) groups excluding carboxylic acids is 1. The van der Waals surface area contributed by atoms with Crippen LogP contribution in [0.1, 0.15) is 57.6 Å². The summed E-state index contributed by atoms with van der Waals surface area (Å²) in [6, 6.07) is 20.9. The van der Waals surface area contributed by atoms with Crippen molar-refractivity contribution in [1.29, 1.82) is 0 Å². The number of hydrogen-bond donors (Lipinski definition) is 1. The lowest BCUT2D eigenvalue weighted by atomic mass is 9.71. The molecule has 2 bridgehead atoms. The van der Waals surface area contributed by atoms with Crippen LogP contribution in [-0.4, -0.2) is 11.6 Å².